The first-order chi connectivity index (χ1) is 10.1. The van der Waals surface area contributed by atoms with Crippen LogP contribution in [0.1, 0.15) is 27.2 Å². The predicted octanol–water partition coefficient (Wildman–Crippen LogP) is 0.451. The largest absolute Gasteiger partial charge is 0.374 e. The lowest BCUT2D eigenvalue weighted by Crippen LogP contribution is -2.55. The van der Waals surface area contributed by atoms with Crippen LogP contribution < -0.4 is 5.73 Å². The van der Waals surface area contributed by atoms with Crippen molar-refractivity contribution in [3.8, 4) is 0 Å². The van der Waals surface area contributed by atoms with Gasteiger partial charge in [-0.3, -0.25) is 14.7 Å². The number of morpholine rings is 1. The lowest BCUT2D eigenvalue weighted by Gasteiger charge is -2.42. The summed E-state index contributed by atoms with van der Waals surface area (Å²) in [4.78, 5) is 7.65. The molecule has 2 rings (SSSR count). The first-order valence-corrected chi connectivity index (χ1v) is 8.66. The fourth-order valence-electron chi connectivity index (χ4n) is 3.49. The Balaban J connectivity index is 1.73. The molecule has 2 unspecified atom stereocenters. The summed E-state index contributed by atoms with van der Waals surface area (Å²) in [7, 11) is 0. The standard InChI is InChI=1S/C16H34N4O/c1-4-15(11-17)19-7-5-18(6-8-19)12-16-13-20(14(2)3)9-10-21-16/h14-16H,4-13,17H2,1-3H3. The number of hydrogen-bond donors (Lipinski definition) is 1. The molecule has 2 fully saturated rings. The summed E-state index contributed by atoms with van der Waals surface area (Å²) in [6.07, 6.45) is 1.54. The second-order valence-corrected chi connectivity index (χ2v) is 6.72. The Hall–Kier alpha value is -0.200. The minimum absolute atomic E-state index is 0.379. The normalized spacial score (nSPS) is 28.1. The summed E-state index contributed by atoms with van der Waals surface area (Å²) in [6, 6.07) is 1.19. The van der Waals surface area contributed by atoms with Crippen molar-refractivity contribution in [1.82, 2.24) is 14.7 Å². The fourth-order valence-corrected chi connectivity index (χ4v) is 3.49. The van der Waals surface area contributed by atoms with Crippen molar-refractivity contribution in [1.29, 1.82) is 0 Å². The maximum atomic E-state index is 5.96. The quantitative estimate of drug-likeness (QED) is 0.771. The van der Waals surface area contributed by atoms with Gasteiger partial charge in [-0.2, -0.15) is 0 Å². The summed E-state index contributed by atoms with van der Waals surface area (Å²) >= 11 is 0. The van der Waals surface area contributed by atoms with Gasteiger partial charge in [0.1, 0.15) is 0 Å². The van der Waals surface area contributed by atoms with Crippen LogP contribution in [0.25, 0.3) is 0 Å². The highest BCUT2D eigenvalue weighted by Crippen LogP contribution is 2.13. The van der Waals surface area contributed by atoms with Crippen LogP contribution in [-0.4, -0.2) is 91.9 Å². The van der Waals surface area contributed by atoms with Gasteiger partial charge < -0.3 is 10.5 Å². The van der Waals surface area contributed by atoms with Crippen molar-refractivity contribution in [3.63, 3.8) is 0 Å². The molecule has 0 aromatic heterocycles. The van der Waals surface area contributed by atoms with E-state index in [2.05, 4.69) is 35.5 Å². The Morgan fingerprint density at radius 3 is 2.38 bits per heavy atom. The van der Waals surface area contributed by atoms with Crippen LogP contribution in [0.5, 0.6) is 0 Å². The Labute approximate surface area is 130 Å². The second kappa shape index (κ2) is 8.44. The molecule has 0 bridgehead atoms. The summed E-state index contributed by atoms with van der Waals surface area (Å²) in [6.45, 7) is 16.3. The van der Waals surface area contributed by atoms with Gasteiger partial charge >= 0.3 is 0 Å². The molecule has 5 heteroatoms. The molecule has 2 saturated heterocycles. The van der Waals surface area contributed by atoms with Crippen molar-refractivity contribution in [3.05, 3.63) is 0 Å². The summed E-state index contributed by atoms with van der Waals surface area (Å²) < 4.78 is 5.96. The minimum atomic E-state index is 0.379. The molecule has 0 saturated carbocycles. The molecule has 0 aromatic carbocycles. The summed E-state index contributed by atoms with van der Waals surface area (Å²) in [5.41, 5.74) is 5.86. The first-order valence-electron chi connectivity index (χ1n) is 8.66. The van der Waals surface area contributed by atoms with E-state index in [0.29, 0.717) is 18.2 Å². The van der Waals surface area contributed by atoms with E-state index in [-0.39, 0.29) is 0 Å². The maximum absolute atomic E-state index is 5.96. The third-order valence-electron chi connectivity index (χ3n) is 5.03. The molecule has 2 aliphatic heterocycles. The van der Waals surface area contributed by atoms with E-state index in [1.165, 1.54) is 0 Å². The Morgan fingerprint density at radius 1 is 1.10 bits per heavy atom. The van der Waals surface area contributed by atoms with Gasteiger partial charge in [0.2, 0.25) is 0 Å². The van der Waals surface area contributed by atoms with E-state index in [9.17, 15) is 0 Å². The van der Waals surface area contributed by atoms with Gasteiger partial charge in [0, 0.05) is 64.4 Å². The smallest absolute Gasteiger partial charge is 0.0829 e. The van der Waals surface area contributed by atoms with Gasteiger partial charge in [-0.25, -0.2) is 0 Å². The van der Waals surface area contributed by atoms with Crippen molar-refractivity contribution in [2.24, 2.45) is 5.73 Å². The van der Waals surface area contributed by atoms with Gasteiger partial charge in [-0.05, 0) is 20.3 Å². The Kier molecular flexibility index (Phi) is 6.89. The molecule has 0 radical (unpaired) electrons. The molecule has 21 heavy (non-hydrogen) atoms. The number of piperazine rings is 1. The Morgan fingerprint density at radius 2 is 1.81 bits per heavy atom. The lowest BCUT2D eigenvalue weighted by molar-refractivity contribution is -0.0575. The zero-order valence-corrected chi connectivity index (χ0v) is 14.1. The molecular weight excluding hydrogens is 264 g/mol. The first kappa shape index (κ1) is 17.2. The topological polar surface area (TPSA) is 45.0 Å². The van der Waals surface area contributed by atoms with Crippen LogP contribution in [0, 0.1) is 0 Å². The lowest BCUT2D eigenvalue weighted by atomic mass is 10.1. The van der Waals surface area contributed by atoms with Gasteiger partial charge in [0.25, 0.3) is 0 Å². The third-order valence-corrected chi connectivity index (χ3v) is 5.03. The molecule has 0 aliphatic carbocycles. The van der Waals surface area contributed by atoms with Crippen molar-refractivity contribution in [2.45, 2.75) is 45.4 Å². The molecule has 2 atom stereocenters. The van der Waals surface area contributed by atoms with Crippen LogP contribution in [0.3, 0.4) is 0 Å². The predicted molar refractivity (Wildman–Crippen MR) is 87.6 cm³/mol. The van der Waals surface area contributed by atoms with Crippen LogP contribution in [0.2, 0.25) is 0 Å². The highest BCUT2D eigenvalue weighted by atomic mass is 16.5. The maximum Gasteiger partial charge on any atom is 0.0829 e. The van der Waals surface area contributed by atoms with Gasteiger partial charge in [-0.1, -0.05) is 6.92 Å². The molecule has 2 aliphatic rings. The van der Waals surface area contributed by atoms with Crippen molar-refractivity contribution >= 4 is 0 Å². The SMILES string of the molecule is CCC(CN)N1CCN(CC2CN(C(C)C)CCO2)CC1. The fraction of sp³-hybridized carbons (Fsp3) is 1.00. The van der Waals surface area contributed by atoms with Gasteiger partial charge in [0.05, 0.1) is 12.7 Å². The highest BCUT2D eigenvalue weighted by molar-refractivity contribution is 4.82. The molecule has 0 aromatic rings. The highest BCUT2D eigenvalue weighted by Gasteiger charge is 2.27. The average molecular weight is 298 g/mol. The van der Waals surface area contributed by atoms with E-state index in [4.69, 9.17) is 10.5 Å². The minimum Gasteiger partial charge on any atom is -0.374 e. The second-order valence-electron chi connectivity index (χ2n) is 6.72. The van der Waals surface area contributed by atoms with Crippen LogP contribution in [-0.2, 0) is 4.74 Å². The monoisotopic (exact) mass is 298 g/mol. The zero-order chi connectivity index (χ0) is 15.2. The van der Waals surface area contributed by atoms with E-state index in [1.54, 1.807) is 0 Å². The van der Waals surface area contributed by atoms with Gasteiger partial charge in [-0.15, -0.1) is 0 Å². The average Bonchev–Trinajstić information content (AvgIpc) is 2.50. The number of nitrogens with zero attached hydrogens (tertiary/aromatic N) is 3. The summed E-state index contributed by atoms with van der Waals surface area (Å²) in [5.74, 6) is 0. The molecule has 124 valence electrons. The zero-order valence-electron chi connectivity index (χ0n) is 14.1. The number of hydrogen-bond acceptors (Lipinski definition) is 5. The van der Waals surface area contributed by atoms with E-state index < -0.39 is 0 Å². The third kappa shape index (κ3) is 4.89. The van der Waals surface area contributed by atoms with E-state index >= 15 is 0 Å². The molecule has 2 heterocycles. The number of rotatable bonds is 6. The summed E-state index contributed by atoms with van der Waals surface area (Å²) in [5, 5.41) is 0. The van der Waals surface area contributed by atoms with Crippen LogP contribution in [0.15, 0.2) is 0 Å². The molecule has 0 spiro atoms. The molecule has 2 N–H and O–H groups in total. The number of nitrogens with two attached hydrogens (primary N) is 1. The van der Waals surface area contributed by atoms with E-state index in [1.807, 2.05) is 0 Å². The molecule has 5 nitrogen and oxygen atoms in total. The number of ether oxygens (including phenoxy) is 1. The van der Waals surface area contributed by atoms with Crippen molar-refractivity contribution in [2.75, 3.05) is 59.0 Å². The van der Waals surface area contributed by atoms with Crippen LogP contribution >= 0.6 is 0 Å². The molecular formula is C16H34N4O. The molecule has 0 amide bonds. The van der Waals surface area contributed by atoms with E-state index in [0.717, 1.165) is 65.4 Å². The van der Waals surface area contributed by atoms with Gasteiger partial charge in [0.15, 0.2) is 0 Å². The van der Waals surface area contributed by atoms with Crippen LogP contribution in [0.4, 0.5) is 0 Å². The van der Waals surface area contributed by atoms with Crippen molar-refractivity contribution < 1.29 is 4.74 Å². The Bertz CT molecular complexity index is 288.